The Morgan fingerprint density at radius 2 is 1.78 bits per heavy atom. The lowest BCUT2D eigenvalue weighted by Crippen LogP contribution is -2.31. The van der Waals surface area contributed by atoms with Gasteiger partial charge in [0.1, 0.15) is 0 Å². The van der Waals surface area contributed by atoms with Crippen molar-refractivity contribution in [3.63, 3.8) is 0 Å². The summed E-state index contributed by atoms with van der Waals surface area (Å²) < 4.78 is 11.5. The molecule has 0 bridgehead atoms. The molecule has 2 atom stereocenters. The monoisotopic (exact) mass is 276 g/mol. The van der Waals surface area contributed by atoms with Crippen LogP contribution in [0.4, 0.5) is 0 Å². The molecule has 0 aromatic heterocycles. The molecule has 0 amide bonds. The molecule has 0 aliphatic heterocycles. The Morgan fingerprint density at radius 3 is 2.22 bits per heavy atom. The Bertz CT molecular complexity index is 211. The summed E-state index contributed by atoms with van der Waals surface area (Å²) in [6.45, 7) is 11.6. The Balaban J connectivity index is 3.89. The van der Waals surface area contributed by atoms with Crippen LogP contribution in [0.2, 0.25) is 0 Å². The fourth-order valence-corrected chi connectivity index (χ4v) is 2.04. The number of ether oxygens (including phenoxy) is 2. The highest BCUT2D eigenvalue weighted by Gasteiger charge is 2.23. The fourth-order valence-electron chi connectivity index (χ4n) is 1.86. The van der Waals surface area contributed by atoms with Crippen molar-refractivity contribution in [2.75, 3.05) is 13.7 Å². The minimum Gasteiger partial charge on any atom is -0.378 e. The van der Waals surface area contributed by atoms with Crippen LogP contribution in [-0.4, -0.2) is 30.2 Å². The molecule has 2 nitrogen and oxygen atoms in total. The van der Waals surface area contributed by atoms with Crippen molar-refractivity contribution in [3.8, 4) is 0 Å². The molecule has 0 heterocycles. The van der Waals surface area contributed by atoms with Crippen LogP contribution in [0.5, 0.6) is 0 Å². The summed E-state index contributed by atoms with van der Waals surface area (Å²) in [4.78, 5) is 0. The summed E-state index contributed by atoms with van der Waals surface area (Å²) in [6, 6.07) is 0. The Hall–Kier alpha value is 0.270. The van der Waals surface area contributed by atoms with Gasteiger partial charge in [0.2, 0.25) is 0 Å². The maximum atomic E-state index is 6.01. The van der Waals surface area contributed by atoms with E-state index in [2.05, 4.69) is 47.2 Å². The average Bonchev–Trinajstić information content (AvgIpc) is 2.27. The summed E-state index contributed by atoms with van der Waals surface area (Å²) in [7, 11) is 1.78. The molecule has 0 saturated carbocycles. The highest BCUT2D eigenvalue weighted by atomic mass is 32.1. The minimum absolute atomic E-state index is 0.0366. The smallest absolute Gasteiger partial charge is 0.0670 e. The van der Waals surface area contributed by atoms with Gasteiger partial charge < -0.3 is 9.47 Å². The van der Waals surface area contributed by atoms with Crippen LogP contribution in [0.15, 0.2) is 0 Å². The summed E-state index contributed by atoms with van der Waals surface area (Å²) in [5, 5.41) is 0.484. The van der Waals surface area contributed by atoms with E-state index >= 15 is 0 Å². The third-order valence-electron chi connectivity index (χ3n) is 3.77. The maximum absolute atomic E-state index is 6.01. The van der Waals surface area contributed by atoms with Gasteiger partial charge in [0.05, 0.1) is 17.8 Å². The van der Waals surface area contributed by atoms with E-state index in [-0.39, 0.29) is 11.2 Å². The third kappa shape index (κ3) is 8.39. The first-order valence-corrected chi connectivity index (χ1v) is 7.63. The predicted octanol–water partition coefficient (Wildman–Crippen LogP) is 4.48. The van der Waals surface area contributed by atoms with E-state index in [1.165, 1.54) is 6.42 Å². The van der Waals surface area contributed by atoms with Crippen molar-refractivity contribution in [3.05, 3.63) is 0 Å². The zero-order chi connectivity index (χ0) is 14.2. The second-order valence-electron chi connectivity index (χ2n) is 6.11. The van der Waals surface area contributed by atoms with Crippen LogP contribution in [0.25, 0.3) is 0 Å². The Morgan fingerprint density at radius 1 is 1.17 bits per heavy atom. The second kappa shape index (κ2) is 8.44. The number of hydrogen-bond acceptors (Lipinski definition) is 3. The zero-order valence-electron chi connectivity index (χ0n) is 13.1. The first-order chi connectivity index (χ1) is 8.24. The molecule has 0 rings (SSSR count). The molecule has 3 heteroatoms. The van der Waals surface area contributed by atoms with Gasteiger partial charge in [-0.25, -0.2) is 0 Å². The molecular formula is C15H32O2S. The first-order valence-electron chi connectivity index (χ1n) is 7.12. The van der Waals surface area contributed by atoms with Gasteiger partial charge in [-0.05, 0) is 58.1 Å². The van der Waals surface area contributed by atoms with E-state index in [0.29, 0.717) is 5.25 Å². The van der Waals surface area contributed by atoms with E-state index in [4.69, 9.17) is 9.47 Å². The lowest BCUT2D eigenvalue weighted by Gasteiger charge is -2.30. The minimum atomic E-state index is -0.0459. The molecule has 0 N–H and O–H groups in total. The lowest BCUT2D eigenvalue weighted by molar-refractivity contribution is -0.0692. The molecule has 0 saturated heterocycles. The second-order valence-corrected chi connectivity index (χ2v) is 6.99. The Kier molecular flexibility index (Phi) is 8.57. The van der Waals surface area contributed by atoms with Crippen molar-refractivity contribution >= 4 is 12.6 Å². The van der Waals surface area contributed by atoms with Crippen LogP contribution >= 0.6 is 12.6 Å². The van der Waals surface area contributed by atoms with Gasteiger partial charge in [-0.3, -0.25) is 0 Å². The van der Waals surface area contributed by atoms with Gasteiger partial charge in [0, 0.05) is 7.11 Å². The zero-order valence-corrected chi connectivity index (χ0v) is 14.0. The van der Waals surface area contributed by atoms with E-state index in [9.17, 15) is 0 Å². The molecule has 0 aliphatic carbocycles. The third-order valence-corrected chi connectivity index (χ3v) is 4.02. The highest BCUT2D eigenvalue weighted by molar-refractivity contribution is 7.80. The molecule has 18 heavy (non-hydrogen) atoms. The van der Waals surface area contributed by atoms with E-state index in [0.717, 1.165) is 32.3 Å². The summed E-state index contributed by atoms with van der Waals surface area (Å²) in [5.41, 5.74) is -0.0826. The summed E-state index contributed by atoms with van der Waals surface area (Å²) in [6.07, 6.45) is 5.39. The molecular weight excluding hydrogens is 244 g/mol. The molecule has 2 unspecified atom stereocenters. The van der Waals surface area contributed by atoms with Crippen molar-refractivity contribution in [2.45, 2.75) is 83.2 Å². The van der Waals surface area contributed by atoms with Crippen LogP contribution < -0.4 is 0 Å². The Labute approximate surface area is 119 Å². The van der Waals surface area contributed by atoms with Gasteiger partial charge in [0.15, 0.2) is 0 Å². The maximum Gasteiger partial charge on any atom is 0.0670 e. The summed E-state index contributed by atoms with van der Waals surface area (Å²) >= 11 is 4.40. The number of rotatable bonds is 10. The average molecular weight is 276 g/mol. The van der Waals surface area contributed by atoms with Crippen LogP contribution in [-0.2, 0) is 9.47 Å². The van der Waals surface area contributed by atoms with Gasteiger partial charge >= 0.3 is 0 Å². The molecule has 110 valence electrons. The molecule has 0 fully saturated rings. The highest BCUT2D eigenvalue weighted by Crippen LogP contribution is 2.23. The molecule has 0 aromatic rings. The molecule has 0 radical (unpaired) electrons. The van der Waals surface area contributed by atoms with Crippen molar-refractivity contribution in [2.24, 2.45) is 0 Å². The standard InChI is InChI=1S/C15H32O2S/c1-7-15(5,16-6)11-12-17-14(3,4)10-8-9-13(2)18/h13,18H,7-12H2,1-6H3. The van der Waals surface area contributed by atoms with Crippen LogP contribution in [0, 0.1) is 0 Å². The van der Waals surface area contributed by atoms with E-state index in [1.807, 2.05) is 0 Å². The van der Waals surface area contributed by atoms with E-state index in [1.54, 1.807) is 7.11 Å². The largest absolute Gasteiger partial charge is 0.378 e. The van der Waals surface area contributed by atoms with Gasteiger partial charge in [-0.15, -0.1) is 0 Å². The van der Waals surface area contributed by atoms with E-state index < -0.39 is 0 Å². The number of hydrogen-bond donors (Lipinski definition) is 1. The van der Waals surface area contributed by atoms with Gasteiger partial charge in [-0.2, -0.15) is 12.6 Å². The quantitative estimate of drug-likeness (QED) is 0.593. The molecule has 0 aliphatic rings. The molecule has 0 spiro atoms. The van der Waals surface area contributed by atoms with Crippen LogP contribution in [0.1, 0.15) is 66.7 Å². The lowest BCUT2D eigenvalue weighted by atomic mass is 9.98. The van der Waals surface area contributed by atoms with Gasteiger partial charge in [0.25, 0.3) is 0 Å². The van der Waals surface area contributed by atoms with Gasteiger partial charge in [-0.1, -0.05) is 13.8 Å². The summed E-state index contributed by atoms with van der Waals surface area (Å²) in [5.74, 6) is 0. The predicted molar refractivity (Wildman–Crippen MR) is 82.7 cm³/mol. The SMILES string of the molecule is CCC(C)(CCOC(C)(C)CCCC(C)S)OC. The topological polar surface area (TPSA) is 18.5 Å². The normalized spacial score (nSPS) is 17.5. The van der Waals surface area contributed by atoms with Crippen molar-refractivity contribution < 1.29 is 9.47 Å². The number of methoxy groups -OCH3 is 1. The van der Waals surface area contributed by atoms with Crippen LogP contribution in [0.3, 0.4) is 0 Å². The fraction of sp³-hybridized carbons (Fsp3) is 1.00. The van der Waals surface area contributed by atoms with Crippen molar-refractivity contribution in [1.29, 1.82) is 0 Å². The van der Waals surface area contributed by atoms with Crippen molar-refractivity contribution in [1.82, 2.24) is 0 Å². The first kappa shape index (κ1) is 18.3. The molecule has 0 aromatic carbocycles. The number of thiol groups is 1.